The van der Waals surface area contributed by atoms with Crippen LogP contribution in [0.5, 0.6) is 0 Å². The molecule has 0 saturated heterocycles. The Labute approximate surface area is 87.4 Å². The van der Waals surface area contributed by atoms with Crippen molar-refractivity contribution in [1.29, 1.82) is 0 Å². The van der Waals surface area contributed by atoms with Crippen molar-refractivity contribution < 1.29 is 28.9 Å². The summed E-state index contributed by atoms with van der Waals surface area (Å²) >= 11 is 0. The molecule has 0 heterocycles. The largest absolute Gasteiger partial charge is 0.433 e. The first-order chi connectivity index (χ1) is 6.95. The van der Waals surface area contributed by atoms with Gasteiger partial charge in [0.2, 0.25) is 0 Å². The van der Waals surface area contributed by atoms with E-state index in [-0.39, 0.29) is 0 Å². The van der Waals surface area contributed by atoms with E-state index >= 15 is 0 Å². The molecule has 86 valence electrons. The van der Waals surface area contributed by atoms with Crippen LogP contribution in [0.15, 0.2) is 12.2 Å². The molecule has 0 rings (SSSR count). The molecule has 0 aromatic carbocycles. The molecule has 0 amide bonds. The molecule has 2 unspecified atom stereocenters. The van der Waals surface area contributed by atoms with Gasteiger partial charge in [-0.25, -0.2) is 9.59 Å². The van der Waals surface area contributed by atoms with Crippen molar-refractivity contribution in [2.45, 2.75) is 26.4 Å². The molecule has 0 aromatic heterocycles. The van der Waals surface area contributed by atoms with Crippen LogP contribution in [0.3, 0.4) is 0 Å². The van der Waals surface area contributed by atoms with Gasteiger partial charge in [-0.15, -0.1) is 0 Å². The average molecular weight is 218 g/mol. The first-order valence-corrected chi connectivity index (χ1v) is 4.26. The highest BCUT2D eigenvalue weighted by molar-refractivity contribution is 5.91. The number of hydrogen-bond acceptors (Lipinski definition) is 6. The Morgan fingerprint density at radius 2 is 1.60 bits per heavy atom. The number of methoxy groups -OCH3 is 1. The van der Waals surface area contributed by atoms with Crippen LogP contribution < -0.4 is 0 Å². The van der Waals surface area contributed by atoms with E-state index < -0.39 is 24.5 Å². The molecule has 0 aliphatic rings. The number of ether oxygens (including phenoxy) is 3. The lowest BCUT2D eigenvalue weighted by atomic mass is 10.5. The van der Waals surface area contributed by atoms with Gasteiger partial charge < -0.3 is 19.3 Å². The number of esters is 2. The summed E-state index contributed by atoms with van der Waals surface area (Å²) in [4.78, 5) is 21.7. The van der Waals surface area contributed by atoms with Crippen LogP contribution in [0.1, 0.15) is 13.8 Å². The van der Waals surface area contributed by atoms with E-state index in [2.05, 4.69) is 14.2 Å². The fourth-order valence-corrected chi connectivity index (χ4v) is 0.594. The molecule has 1 N–H and O–H groups in total. The molecule has 0 fully saturated rings. The van der Waals surface area contributed by atoms with Gasteiger partial charge in [0.1, 0.15) is 0 Å². The predicted molar refractivity (Wildman–Crippen MR) is 49.5 cm³/mol. The zero-order valence-corrected chi connectivity index (χ0v) is 8.80. The predicted octanol–water partition coefficient (Wildman–Crippen LogP) is -0.0403. The summed E-state index contributed by atoms with van der Waals surface area (Å²) < 4.78 is 13.6. The van der Waals surface area contributed by atoms with Crippen LogP contribution in [0.2, 0.25) is 0 Å². The number of carbonyl (C=O) groups excluding carboxylic acids is 2. The minimum atomic E-state index is -1.21. The van der Waals surface area contributed by atoms with Gasteiger partial charge in [0.15, 0.2) is 12.6 Å². The topological polar surface area (TPSA) is 82.1 Å². The molecule has 0 aliphatic carbocycles. The van der Waals surface area contributed by atoms with Crippen molar-refractivity contribution in [1.82, 2.24) is 0 Å². The van der Waals surface area contributed by atoms with Crippen LogP contribution in [0.25, 0.3) is 0 Å². The molecule has 6 heteroatoms. The van der Waals surface area contributed by atoms with Crippen LogP contribution in [-0.2, 0) is 23.8 Å². The molecule has 6 nitrogen and oxygen atoms in total. The van der Waals surface area contributed by atoms with Crippen molar-refractivity contribution in [3.63, 3.8) is 0 Å². The summed E-state index contributed by atoms with van der Waals surface area (Å²) in [5, 5.41) is 8.66. The molecule has 2 atom stereocenters. The van der Waals surface area contributed by atoms with E-state index in [0.717, 1.165) is 12.2 Å². The highest BCUT2D eigenvalue weighted by Gasteiger charge is 2.06. The quantitative estimate of drug-likeness (QED) is 0.396. The molecule has 0 aromatic rings. The maximum Gasteiger partial charge on any atom is 0.333 e. The van der Waals surface area contributed by atoms with Gasteiger partial charge in [0, 0.05) is 19.3 Å². The van der Waals surface area contributed by atoms with Crippen LogP contribution in [0, 0.1) is 0 Å². The van der Waals surface area contributed by atoms with Crippen molar-refractivity contribution >= 4 is 11.9 Å². The second-order valence-electron chi connectivity index (χ2n) is 2.61. The van der Waals surface area contributed by atoms with E-state index in [1.54, 1.807) is 0 Å². The minimum absolute atomic E-state index is 0.685. The lowest BCUT2D eigenvalue weighted by molar-refractivity contribution is -0.165. The van der Waals surface area contributed by atoms with E-state index in [0.29, 0.717) is 0 Å². The van der Waals surface area contributed by atoms with E-state index in [1.165, 1.54) is 21.0 Å². The zero-order chi connectivity index (χ0) is 11.8. The Bertz CT molecular complexity index is 245. The number of carbonyl (C=O) groups is 2. The SMILES string of the molecule is COC(C)OC(=O)/C=C\C(=O)OC(C)O. The average Bonchev–Trinajstić information content (AvgIpc) is 2.13. The fraction of sp³-hybridized carbons (Fsp3) is 0.556. The molecule has 15 heavy (non-hydrogen) atoms. The zero-order valence-electron chi connectivity index (χ0n) is 8.80. The number of hydrogen-bond donors (Lipinski definition) is 1. The Morgan fingerprint density at radius 3 is 2.00 bits per heavy atom. The second-order valence-corrected chi connectivity index (χ2v) is 2.61. The molecule has 0 radical (unpaired) electrons. The maximum absolute atomic E-state index is 10.9. The summed E-state index contributed by atoms with van der Waals surface area (Å²) in [6.07, 6.45) is -0.150. The van der Waals surface area contributed by atoms with Crippen molar-refractivity contribution in [3.05, 3.63) is 12.2 Å². The summed E-state index contributed by atoms with van der Waals surface area (Å²) in [5.41, 5.74) is 0. The summed E-state index contributed by atoms with van der Waals surface area (Å²) in [6.45, 7) is 2.80. The van der Waals surface area contributed by atoms with Gasteiger partial charge in [-0.2, -0.15) is 0 Å². The molecule has 0 spiro atoms. The molecule has 0 bridgehead atoms. The van der Waals surface area contributed by atoms with Crippen molar-refractivity contribution in [3.8, 4) is 0 Å². The van der Waals surface area contributed by atoms with E-state index in [1.807, 2.05) is 0 Å². The molecule has 0 saturated carbocycles. The third-order valence-electron chi connectivity index (χ3n) is 1.26. The lowest BCUT2D eigenvalue weighted by Crippen LogP contribution is -2.15. The smallest absolute Gasteiger partial charge is 0.333 e. The van der Waals surface area contributed by atoms with Gasteiger partial charge in [-0.05, 0) is 13.8 Å². The van der Waals surface area contributed by atoms with Crippen LogP contribution in [-0.4, -0.2) is 36.7 Å². The van der Waals surface area contributed by atoms with E-state index in [4.69, 9.17) is 5.11 Å². The Kier molecular flexibility index (Phi) is 6.32. The Hall–Kier alpha value is -1.40. The third kappa shape index (κ3) is 7.65. The first-order valence-electron chi connectivity index (χ1n) is 4.26. The summed E-state index contributed by atoms with van der Waals surface area (Å²) in [6, 6.07) is 0. The lowest BCUT2D eigenvalue weighted by Gasteiger charge is -2.08. The van der Waals surface area contributed by atoms with Gasteiger partial charge in [0.25, 0.3) is 0 Å². The molecule has 0 aliphatic heterocycles. The molecular formula is C9H14O6. The van der Waals surface area contributed by atoms with Crippen molar-refractivity contribution in [2.24, 2.45) is 0 Å². The van der Waals surface area contributed by atoms with Gasteiger partial charge >= 0.3 is 11.9 Å². The fourth-order valence-electron chi connectivity index (χ4n) is 0.594. The van der Waals surface area contributed by atoms with Crippen LogP contribution in [0.4, 0.5) is 0 Å². The monoisotopic (exact) mass is 218 g/mol. The van der Waals surface area contributed by atoms with Crippen LogP contribution >= 0.6 is 0 Å². The number of rotatable bonds is 5. The molecular weight excluding hydrogens is 204 g/mol. The van der Waals surface area contributed by atoms with Gasteiger partial charge in [-0.3, -0.25) is 0 Å². The summed E-state index contributed by atoms with van der Waals surface area (Å²) in [5.74, 6) is -1.56. The summed E-state index contributed by atoms with van der Waals surface area (Å²) in [7, 11) is 1.38. The van der Waals surface area contributed by atoms with E-state index in [9.17, 15) is 9.59 Å². The first kappa shape index (κ1) is 13.6. The highest BCUT2D eigenvalue weighted by atomic mass is 16.7. The highest BCUT2D eigenvalue weighted by Crippen LogP contribution is 1.94. The second kappa shape index (κ2) is 6.97. The Balaban J connectivity index is 3.95. The number of aliphatic hydroxyl groups excluding tert-OH is 1. The minimum Gasteiger partial charge on any atom is -0.433 e. The standard InChI is InChI=1S/C9H14O6/c1-6(10)14-8(11)4-5-9(12)15-7(2)13-3/h4-7,10H,1-3H3/b5-4-. The Morgan fingerprint density at radius 1 is 1.13 bits per heavy atom. The number of aliphatic hydroxyl groups is 1. The van der Waals surface area contributed by atoms with Gasteiger partial charge in [-0.1, -0.05) is 0 Å². The third-order valence-corrected chi connectivity index (χ3v) is 1.26. The van der Waals surface area contributed by atoms with Crippen molar-refractivity contribution in [2.75, 3.05) is 7.11 Å². The van der Waals surface area contributed by atoms with Gasteiger partial charge in [0.05, 0.1) is 0 Å². The maximum atomic E-state index is 10.9. The normalized spacial score (nSPS) is 14.7.